The van der Waals surface area contributed by atoms with Gasteiger partial charge in [-0.3, -0.25) is 9.59 Å². The first-order valence-electron chi connectivity index (χ1n) is 6.98. The van der Waals surface area contributed by atoms with Crippen LogP contribution in [0, 0.1) is 0 Å². The zero-order valence-corrected chi connectivity index (χ0v) is 12.2. The summed E-state index contributed by atoms with van der Waals surface area (Å²) in [5.74, 6) is -1.54. The van der Waals surface area contributed by atoms with Crippen molar-refractivity contribution in [2.45, 2.75) is 12.5 Å². The van der Waals surface area contributed by atoms with E-state index in [1.54, 1.807) is 54.6 Å². The van der Waals surface area contributed by atoms with Crippen LogP contribution >= 0.6 is 0 Å². The fraction of sp³-hybridized carbons (Fsp3) is 0.118. The second-order valence-corrected chi connectivity index (χ2v) is 4.89. The molecular formula is C17H16N2O4. The Bertz CT molecular complexity index is 683. The van der Waals surface area contributed by atoms with Crippen LogP contribution in [0.15, 0.2) is 54.6 Å². The third kappa shape index (κ3) is 4.67. The minimum absolute atomic E-state index is 0.148. The highest BCUT2D eigenvalue weighted by molar-refractivity contribution is 5.96. The van der Waals surface area contributed by atoms with E-state index in [1.807, 2.05) is 0 Å². The summed E-state index contributed by atoms with van der Waals surface area (Å²) < 4.78 is 0. The van der Waals surface area contributed by atoms with Crippen molar-refractivity contribution in [2.24, 2.45) is 0 Å². The third-order valence-corrected chi connectivity index (χ3v) is 3.26. The van der Waals surface area contributed by atoms with Crippen LogP contribution in [-0.2, 0) is 16.0 Å². The van der Waals surface area contributed by atoms with E-state index in [1.165, 1.54) is 0 Å². The molecule has 0 aliphatic carbocycles. The van der Waals surface area contributed by atoms with Crippen molar-refractivity contribution in [2.75, 3.05) is 5.32 Å². The third-order valence-electron chi connectivity index (χ3n) is 3.26. The molecule has 0 aromatic heterocycles. The van der Waals surface area contributed by atoms with E-state index in [4.69, 9.17) is 0 Å². The Morgan fingerprint density at radius 1 is 1.04 bits per heavy atom. The first-order chi connectivity index (χ1) is 11.1. The number of carbonyl (C=O) groups excluding carboxylic acids is 2. The predicted molar refractivity (Wildman–Crippen MR) is 85.2 cm³/mol. The summed E-state index contributed by atoms with van der Waals surface area (Å²) in [5, 5.41) is 14.3. The van der Waals surface area contributed by atoms with Gasteiger partial charge in [0.2, 0.25) is 6.41 Å². The van der Waals surface area contributed by atoms with Gasteiger partial charge in [-0.15, -0.1) is 0 Å². The van der Waals surface area contributed by atoms with Gasteiger partial charge in [-0.25, -0.2) is 4.79 Å². The number of nitrogens with one attached hydrogen (secondary N) is 2. The number of hydrogen-bond acceptors (Lipinski definition) is 3. The average Bonchev–Trinajstić information content (AvgIpc) is 2.57. The number of carboxylic acid groups (broad SMARTS) is 1. The Hall–Kier alpha value is -3.15. The van der Waals surface area contributed by atoms with Gasteiger partial charge in [0.1, 0.15) is 6.04 Å². The highest BCUT2D eigenvalue weighted by Gasteiger charge is 2.21. The van der Waals surface area contributed by atoms with Crippen LogP contribution in [0.4, 0.5) is 5.69 Å². The molecule has 0 bridgehead atoms. The van der Waals surface area contributed by atoms with E-state index in [9.17, 15) is 19.5 Å². The van der Waals surface area contributed by atoms with Gasteiger partial charge < -0.3 is 15.7 Å². The first kappa shape index (κ1) is 16.2. The minimum Gasteiger partial charge on any atom is -0.480 e. The molecule has 0 radical (unpaired) electrons. The summed E-state index contributed by atoms with van der Waals surface area (Å²) in [5.41, 5.74) is 1.76. The summed E-state index contributed by atoms with van der Waals surface area (Å²) in [4.78, 5) is 33.8. The number of amides is 2. The highest BCUT2D eigenvalue weighted by Crippen LogP contribution is 2.11. The molecular weight excluding hydrogens is 296 g/mol. The summed E-state index contributed by atoms with van der Waals surface area (Å²) in [6.07, 6.45) is 0.713. The van der Waals surface area contributed by atoms with Crippen LogP contribution in [0.2, 0.25) is 0 Å². The molecule has 6 nitrogen and oxygen atoms in total. The molecule has 0 saturated carbocycles. The molecule has 0 aliphatic heterocycles. The van der Waals surface area contributed by atoms with Gasteiger partial charge in [0.25, 0.3) is 5.91 Å². The lowest BCUT2D eigenvalue weighted by molar-refractivity contribution is -0.139. The lowest BCUT2D eigenvalue weighted by Crippen LogP contribution is -2.42. The van der Waals surface area contributed by atoms with Crippen molar-refractivity contribution in [3.8, 4) is 0 Å². The number of anilines is 1. The van der Waals surface area contributed by atoms with E-state index in [2.05, 4.69) is 10.6 Å². The molecule has 0 fully saturated rings. The van der Waals surface area contributed by atoms with Gasteiger partial charge in [0.15, 0.2) is 0 Å². The summed E-state index contributed by atoms with van der Waals surface area (Å²) in [7, 11) is 0. The van der Waals surface area contributed by atoms with Crippen molar-refractivity contribution in [3.05, 3.63) is 65.7 Å². The second kappa shape index (κ2) is 7.74. The van der Waals surface area contributed by atoms with Crippen LogP contribution in [0.1, 0.15) is 15.9 Å². The van der Waals surface area contributed by atoms with Crippen molar-refractivity contribution in [1.82, 2.24) is 5.32 Å². The lowest BCUT2D eigenvalue weighted by Gasteiger charge is -2.15. The maximum absolute atomic E-state index is 12.1. The largest absolute Gasteiger partial charge is 0.480 e. The van der Waals surface area contributed by atoms with Gasteiger partial charge in [-0.05, 0) is 29.8 Å². The molecule has 6 heteroatoms. The highest BCUT2D eigenvalue weighted by atomic mass is 16.4. The zero-order valence-electron chi connectivity index (χ0n) is 12.2. The SMILES string of the molecule is O=CNc1ccc(CC(NC(=O)c2ccccc2)C(=O)O)cc1. The average molecular weight is 312 g/mol. The van der Waals surface area contributed by atoms with Crippen molar-refractivity contribution in [3.63, 3.8) is 0 Å². The minimum atomic E-state index is -1.11. The Balaban J connectivity index is 2.05. The number of aliphatic carboxylic acids is 1. The topological polar surface area (TPSA) is 95.5 Å². The monoisotopic (exact) mass is 312 g/mol. The second-order valence-electron chi connectivity index (χ2n) is 4.89. The van der Waals surface area contributed by atoms with Gasteiger partial charge in [0.05, 0.1) is 0 Å². The molecule has 2 rings (SSSR count). The summed E-state index contributed by atoms with van der Waals surface area (Å²) in [6, 6.07) is 14.2. The molecule has 1 atom stereocenters. The van der Waals surface area contributed by atoms with Crippen molar-refractivity contribution in [1.29, 1.82) is 0 Å². The van der Waals surface area contributed by atoms with Gasteiger partial charge in [0, 0.05) is 17.7 Å². The number of carbonyl (C=O) groups is 3. The molecule has 23 heavy (non-hydrogen) atoms. The van der Waals surface area contributed by atoms with Crippen LogP contribution in [0.5, 0.6) is 0 Å². The van der Waals surface area contributed by atoms with E-state index in [0.29, 0.717) is 17.7 Å². The molecule has 3 N–H and O–H groups in total. The fourth-order valence-electron chi connectivity index (χ4n) is 2.07. The van der Waals surface area contributed by atoms with Gasteiger partial charge in [-0.2, -0.15) is 0 Å². The molecule has 0 saturated heterocycles. The van der Waals surface area contributed by atoms with Crippen LogP contribution in [0.3, 0.4) is 0 Å². The molecule has 2 amide bonds. The van der Waals surface area contributed by atoms with Gasteiger partial charge in [-0.1, -0.05) is 30.3 Å². The maximum atomic E-state index is 12.1. The Labute approximate surface area is 133 Å². The van der Waals surface area contributed by atoms with E-state index in [0.717, 1.165) is 5.56 Å². The number of hydrogen-bond donors (Lipinski definition) is 3. The van der Waals surface area contributed by atoms with Crippen LogP contribution < -0.4 is 10.6 Å². The maximum Gasteiger partial charge on any atom is 0.326 e. The molecule has 118 valence electrons. The molecule has 0 spiro atoms. The Morgan fingerprint density at radius 3 is 2.26 bits per heavy atom. The Kier molecular flexibility index (Phi) is 5.46. The molecule has 1 unspecified atom stereocenters. The summed E-state index contributed by atoms with van der Waals surface area (Å²) in [6.45, 7) is 0. The Morgan fingerprint density at radius 2 is 1.70 bits per heavy atom. The van der Waals surface area contributed by atoms with Crippen molar-refractivity contribution < 1.29 is 19.5 Å². The van der Waals surface area contributed by atoms with Crippen LogP contribution in [-0.4, -0.2) is 29.4 Å². The quantitative estimate of drug-likeness (QED) is 0.678. The molecule has 2 aromatic rings. The molecule has 0 heterocycles. The number of rotatable bonds is 7. The fourth-order valence-corrected chi connectivity index (χ4v) is 2.07. The van der Waals surface area contributed by atoms with E-state index < -0.39 is 17.9 Å². The molecule has 2 aromatic carbocycles. The number of benzene rings is 2. The van der Waals surface area contributed by atoms with Gasteiger partial charge >= 0.3 is 5.97 Å². The summed E-state index contributed by atoms with van der Waals surface area (Å²) >= 11 is 0. The standard InChI is InChI=1S/C17H16N2O4/c20-11-18-14-8-6-12(7-9-14)10-15(17(22)23)19-16(21)13-4-2-1-3-5-13/h1-9,11,15H,10H2,(H,18,20)(H,19,21)(H,22,23). The smallest absolute Gasteiger partial charge is 0.326 e. The first-order valence-corrected chi connectivity index (χ1v) is 6.98. The molecule has 0 aliphatic rings. The predicted octanol–water partition coefficient (Wildman–Crippen LogP) is 1.68. The van der Waals surface area contributed by atoms with Crippen LogP contribution in [0.25, 0.3) is 0 Å². The van der Waals surface area contributed by atoms with E-state index >= 15 is 0 Å². The normalized spacial score (nSPS) is 11.3. The number of carboxylic acids is 1. The van der Waals surface area contributed by atoms with Crippen molar-refractivity contribution >= 4 is 24.0 Å². The zero-order chi connectivity index (χ0) is 16.7. The lowest BCUT2D eigenvalue weighted by atomic mass is 10.0. The van der Waals surface area contributed by atoms with E-state index in [-0.39, 0.29) is 6.42 Å².